The minimum Gasteiger partial charge on any atom is -0.488 e. The smallest absolute Gasteiger partial charge is 0.488 e. The maximum absolute atomic E-state index is 12.4. The van der Waals surface area contributed by atoms with E-state index in [2.05, 4.69) is 4.74 Å². The van der Waals surface area contributed by atoms with E-state index in [9.17, 15) is 23.1 Å². The second kappa shape index (κ2) is 6.95. The van der Waals surface area contributed by atoms with Gasteiger partial charge in [0.25, 0.3) is 0 Å². The highest BCUT2D eigenvalue weighted by molar-refractivity contribution is 5.91. The van der Waals surface area contributed by atoms with Gasteiger partial charge in [-0.25, -0.2) is 4.79 Å². The topological polar surface area (TPSA) is 55.8 Å². The second-order valence-corrected chi connectivity index (χ2v) is 5.44. The SMILES string of the molecule is O=C(O)c1ccc(OC(F)(F)F)cc1OCc1cccc2ccccc12. The van der Waals surface area contributed by atoms with Crippen LogP contribution in [0, 0.1) is 0 Å². The van der Waals surface area contributed by atoms with Crippen molar-refractivity contribution in [1.82, 2.24) is 0 Å². The first-order chi connectivity index (χ1) is 12.3. The Morgan fingerprint density at radius 1 is 1.00 bits per heavy atom. The maximum atomic E-state index is 12.4. The van der Waals surface area contributed by atoms with E-state index < -0.39 is 18.1 Å². The average Bonchev–Trinajstić information content (AvgIpc) is 2.58. The minimum atomic E-state index is -4.88. The Morgan fingerprint density at radius 2 is 1.73 bits per heavy atom. The molecule has 0 unspecified atom stereocenters. The third kappa shape index (κ3) is 4.05. The normalized spacial score (nSPS) is 11.3. The van der Waals surface area contributed by atoms with Crippen LogP contribution in [0.15, 0.2) is 60.7 Å². The molecule has 0 atom stereocenters. The van der Waals surface area contributed by atoms with Gasteiger partial charge in [0.2, 0.25) is 0 Å². The Bertz CT molecular complexity index is 946. The van der Waals surface area contributed by atoms with Crippen molar-refractivity contribution < 1.29 is 32.5 Å². The molecule has 0 aliphatic carbocycles. The molecule has 0 spiro atoms. The summed E-state index contributed by atoms with van der Waals surface area (Å²) >= 11 is 0. The highest BCUT2D eigenvalue weighted by Gasteiger charge is 2.31. The first-order valence-electron chi connectivity index (χ1n) is 7.56. The lowest BCUT2D eigenvalue weighted by atomic mass is 10.1. The van der Waals surface area contributed by atoms with Crippen LogP contribution in [0.1, 0.15) is 15.9 Å². The number of benzene rings is 3. The van der Waals surface area contributed by atoms with Crippen LogP contribution in [0.2, 0.25) is 0 Å². The molecule has 1 N–H and O–H groups in total. The maximum Gasteiger partial charge on any atom is 0.573 e. The van der Waals surface area contributed by atoms with Gasteiger partial charge >= 0.3 is 12.3 Å². The molecule has 3 aromatic carbocycles. The van der Waals surface area contributed by atoms with Crippen molar-refractivity contribution in [2.24, 2.45) is 0 Å². The molecule has 3 rings (SSSR count). The van der Waals surface area contributed by atoms with E-state index in [4.69, 9.17) is 4.74 Å². The summed E-state index contributed by atoms with van der Waals surface area (Å²) in [5.41, 5.74) is 0.529. The Hall–Kier alpha value is -3.22. The van der Waals surface area contributed by atoms with Gasteiger partial charge in [-0.2, -0.15) is 0 Å². The highest BCUT2D eigenvalue weighted by Crippen LogP contribution is 2.30. The van der Waals surface area contributed by atoms with Gasteiger partial charge in [0.15, 0.2) is 0 Å². The Kier molecular flexibility index (Phi) is 4.71. The second-order valence-electron chi connectivity index (χ2n) is 5.44. The zero-order valence-corrected chi connectivity index (χ0v) is 13.3. The van der Waals surface area contributed by atoms with Crippen LogP contribution in [-0.4, -0.2) is 17.4 Å². The van der Waals surface area contributed by atoms with E-state index >= 15 is 0 Å². The number of alkyl halides is 3. The average molecular weight is 362 g/mol. The first kappa shape index (κ1) is 17.6. The molecule has 0 aliphatic heterocycles. The number of carboxylic acid groups (broad SMARTS) is 1. The van der Waals surface area contributed by atoms with Gasteiger partial charge in [0, 0.05) is 6.07 Å². The molecule has 0 fully saturated rings. The number of hydrogen-bond acceptors (Lipinski definition) is 3. The molecule has 0 amide bonds. The number of ether oxygens (including phenoxy) is 2. The van der Waals surface area contributed by atoms with Crippen LogP contribution in [0.5, 0.6) is 11.5 Å². The Labute approximate surface area is 146 Å². The van der Waals surface area contributed by atoms with Crippen LogP contribution in [0.25, 0.3) is 10.8 Å². The molecular weight excluding hydrogens is 349 g/mol. The molecule has 3 aromatic rings. The van der Waals surface area contributed by atoms with Gasteiger partial charge in [0.1, 0.15) is 23.7 Å². The van der Waals surface area contributed by atoms with E-state index in [0.717, 1.165) is 34.5 Å². The number of carbonyl (C=O) groups is 1. The largest absolute Gasteiger partial charge is 0.573 e. The molecule has 0 heterocycles. The van der Waals surface area contributed by atoms with Crippen molar-refractivity contribution in [2.45, 2.75) is 13.0 Å². The van der Waals surface area contributed by atoms with Crippen LogP contribution < -0.4 is 9.47 Å². The number of rotatable bonds is 5. The summed E-state index contributed by atoms with van der Waals surface area (Å²) in [5, 5.41) is 11.1. The fourth-order valence-corrected chi connectivity index (χ4v) is 2.57. The minimum absolute atomic E-state index is 0.00287. The van der Waals surface area contributed by atoms with Gasteiger partial charge in [-0.3, -0.25) is 0 Å². The van der Waals surface area contributed by atoms with E-state index in [1.54, 1.807) is 6.07 Å². The van der Waals surface area contributed by atoms with Crippen molar-refractivity contribution in [2.75, 3.05) is 0 Å². The predicted octanol–water partition coefficient (Wildman–Crippen LogP) is 5.02. The summed E-state index contributed by atoms with van der Waals surface area (Å²) in [6.07, 6.45) is -4.88. The standard InChI is InChI=1S/C19H13F3O4/c20-19(21,22)26-14-8-9-16(18(23)24)17(10-14)25-11-13-6-3-5-12-4-1-2-7-15(12)13/h1-10H,11H2,(H,23,24). The fourth-order valence-electron chi connectivity index (χ4n) is 2.57. The fraction of sp³-hybridized carbons (Fsp3) is 0.105. The third-order valence-electron chi connectivity index (χ3n) is 3.68. The van der Waals surface area contributed by atoms with Crippen molar-refractivity contribution in [3.05, 3.63) is 71.8 Å². The van der Waals surface area contributed by atoms with Crippen molar-refractivity contribution >= 4 is 16.7 Å². The number of hydrogen-bond donors (Lipinski definition) is 1. The first-order valence-corrected chi connectivity index (χ1v) is 7.56. The monoisotopic (exact) mass is 362 g/mol. The van der Waals surface area contributed by atoms with Gasteiger partial charge in [-0.15, -0.1) is 13.2 Å². The molecule has 26 heavy (non-hydrogen) atoms. The predicted molar refractivity (Wildman–Crippen MR) is 88.4 cm³/mol. The number of halogens is 3. The molecule has 134 valence electrons. The Morgan fingerprint density at radius 3 is 2.46 bits per heavy atom. The molecule has 0 radical (unpaired) electrons. The van der Waals surface area contributed by atoms with E-state index in [1.165, 1.54) is 0 Å². The number of carboxylic acids is 1. The zero-order chi connectivity index (χ0) is 18.7. The highest BCUT2D eigenvalue weighted by atomic mass is 19.4. The van der Waals surface area contributed by atoms with Crippen LogP contribution in [-0.2, 0) is 6.61 Å². The van der Waals surface area contributed by atoms with Gasteiger partial charge in [-0.05, 0) is 28.5 Å². The lowest BCUT2D eigenvalue weighted by Gasteiger charge is -2.14. The summed E-state index contributed by atoms with van der Waals surface area (Å²) in [7, 11) is 0. The molecule has 0 aliphatic rings. The summed E-state index contributed by atoms with van der Waals surface area (Å²) in [6.45, 7) is -0.00287. The van der Waals surface area contributed by atoms with E-state index in [0.29, 0.717) is 0 Å². The lowest BCUT2D eigenvalue weighted by molar-refractivity contribution is -0.274. The molecule has 0 saturated heterocycles. The van der Waals surface area contributed by atoms with Crippen molar-refractivity contribution in [3.63, 3.8) is 0 Å². The van der Waals surface area contributed by atoms with Crippen molar-refractivity contribution in [3.8, 4) is 11.5 Å². The lowest BCUT2D eigenvalue weighted by Crippen LogP contribution is -2.17. The molecule has 4 nitrogen and oxygen atoms in total. The molecular formula is C19H13F3O4. The molecule has 0 bridgehead atoms. The number of fused-ring (bicyclic) bond motifs is 1. The van der Waals surface area contributed by atoms with Crippen molar-refractivity contribution in [1.29, 1.82) is 0 Å². The third-order valence-corrected chi connectivity index (χ3v) is 3.68. The van der Waals surface area contributed by atoms with E-state index in [1.807, 2.05) is 36.4 Å². The zero-order valence-electron chi connectivity index (χ0n) is 13.3. The van der Waals surface area contributed by atoms with Crippen LogP contribution in [0.3, 0.4) is 0 Å². The summed E-state index contributed by atoms with van der Waals surface area (Å²) < 4.78 is 46.5. The van der Waals surface area contributed by atoms with Crippen LogP contribution >= 0.6 is 0 Å². The van der Waals surface area contributed by atoms with E-state index in [-0.39, 0.29) is 17.9 Å². The van der Waals surface area contributed by atoms with Gasteiger partial charge < -0.3 is 14.6 Å². The van der Waals surface area contributed by atoms with Crippen LogP contribution in [0.4, 0.5) is 13.2 Å². The molecule has 7 heteroatoms. The van der Waals surface area contributed by atoms with Gasteiger partial charge in [0.05, 0.1) is 0 Å². The molecule has 0 aromatic heterocycles. The summed E-state index contributed by atoms with van der Waals surface area (Å²) in [6, 6.07) is 15.9. The van der Waals surface area contributed by atoms with Gasteiger partial charge in [-0.1, -0.05) is 42.5 Å². The Balaban J connectivity index is 1.90. The summed E-state index contributed by atoms with van der Waals surface area (Å²) in [4.78, 5) is 11.3. The summed E-state index contributed by atoms with van der Waals surface area (Å²) in [5.74, 6) is -2.06. The number of aromatic carboxylic acids is 1. The quantitative estimate of drug-likeness (QED) is 0.693. The molecule has 0 saturated carbocycles.